The highest BCUT2D eigenvalue weighted by Gasteiger charge is 2.42. The molecule has 0 aliphatic carbocycles. The molecule has 1 fully saturated rings. The molecule has 1 aliphatic rings. The van der Waals surface area contributed by atoms with Crippen molar-refractivity contribution in [1.29, 1.82) is 0 Å². The Bertz CT molecular complexity index is 211. The second-order valence-corrected chi connectivity index (χ2v) is 4.40. The van der Waals surface area contributed by atoms with Crippen LogP contribution in [-0.2, 0) is 9.53 Å². The average molecular weight is 214 g/mol. The van der Waals surface area contributed by atoms with Crippen LogP contribution in [0, 0.1) is 11.8 Å². The van der Waals surface area contributed by atoms with E-state index in [9.17, 15) is 9.90 Å². The third-order valence-corrected chi connectivity index (χ3v) is 3.51. The van der Waals surface area contributed by atoms with E-state index >= 15 is 0 Å². The van der Waals surface area contributed by atoms with Gasteiger partial charge in [0.15, 0.2) is 0 Å². The van der Waals surface area contributed by atoms with Crippen LogP contribution in [0.4, 0.5) is 0 Å². The fraction of sp³-hybridized carbons (Fsp3) is 0.917. The van der Waals surface area contributed by atoms with Gasteiger partial charge in [-0.25, -0.2) is 0 Å². The summed E-state index contributed by atoms with van der Waals surface area (Å²) < 4.78 is 5.14. The van der Waals surface area contributed by atoms with Gasteiger partial charge < -0.3 is 9.84 Å². The Morgan fingerprint density at radius 2 is 1.93 bits per heavy atom. The van der Waals surface area contributed by atoms with Crippen molar-refractivity contribution >= 4 is 5.97 Å². The monoisotopic (exact) mass is 214 g/mol. The topological polar surface area (TPSA) is 46.5 Å². The largest absolute Gasteiger partial charge is 0.459 e. The van der Waals surface area contributed by atoms with Crippen LogP contribution in [0.5, 0.6) is 0 Å². The first-order chi connectivity index (χ1) is 7.13. The van der Waals surface area contributed by atoms with E-state index in [0.717, 1.165) is 19.3 Å². The summed E-state index contributed by atoms with van der Waals surface area (Å²) in [5.74, 6) is 0.0221. The van der Waals surface area contributed by atoms with Crippen LogP contribution in [0.15, 0.2) is 0 Å². The number of ether oxygens (including phenoxy) is 1. The number of rotatable bonds is 5. The van der Waals surface area contributed by atoms with Crippen molar-refractivity contribution in [3.63, 3.8) is 0 Å². The molecule has 0 aromatic carbocycles. The normalized spacial score (nSPS) is 31.0. The lowest BCUT2D eigenvalue weighted by molar-refractivity contribution is -0.144. The van der Waals surface area contributed by atoms with Crippen molar-refractivity contribution in [2.75, 3.05) is 0 Å². The van der Waals surface area contributed by atoms with Gasteiger partial charge in [0.2, 0.25) is 0 Å². The number of hydrogen-bond donors (Lipinski definition) is 1. The molecule has 0 saturated carbocycles. The lowest BCUT2D eigenvalue weighted by Crippen LogP contribution is -2.27. The molecule has 88 valence electrons. The number of hydrogen-bond acceptors (Lipinski definition) is 3. The molecule has 1 aliphatic heterocycles. The summed E-state index contributed by atoms with van der Waals surface area (Å²) in [4.78, 5) is 11.5. The zero-order chi connectivity index (χ0) is 11.4. The molecule has 0 amide bonds. The Balaban J connectivity index is 2.57. The molecule has 15 heavy (non-hydrogen) atoms. The number of aliphatic hydroxyl groups is 1. The quantitative estimate of drug-likeness (QED) is 0.713. The molecule has 0 radical (unpaired) electrons. The number of carbonyl (C=O) groups excluding carboxylic acids is 1. The molecule has 1 saturated heterocycles. The second-order valence-electron chi connectivity index (χ2n) is 4.40. The molecule has 0 aromatic rings. The van der Waals surface area contributed by atoms with Gasteiger partial charge >= 0.3 is 5.97 Å². The van der Waals surface area contributed by atoms with Gasteiger partial charge in [0.25, 0.3) is 0 Å². The van der Waals surface area contributed by atoms with E-state index in [1.165, 1.54) is 0 Å². The van der Waals surface area contributed by atoms with Crippen LogP contribution in [0.2, 0.25) is 0 Å². The van der Waals surface area contributed by atoms with Gasteiger partial charge in [0.05, 0.1) is 5.92 Å². The molecular formula is C12H22O3. The summed E-state index contributed by atoms with van der Waals surface area (Å²) in [5.41, 5.74) is 0. The minimum Gasteiger partial charge on any atom is -0.459 e. The first-order valence-electron chi connectivity index (χ1n) is 6.02. The highest BCUT2D eigenvalue weighted by molar-refractivity contribution is 5.75. The van der Waals surface area contributed by atoms with Crippen molar-refractivity contribution in [1.82, 2.24) is 0 Å². The zero-order valence-corrected chi connectivity index (χ0v) is 9.90. The van der Waals surface area contributed by atoms with Crippen LogP contribution in [0.3, 0.4) is 0 Å². The molecule has 1 N–H and O–H groups in total. The van der Waals surface area contributed by atoms with Crippen molar-refractivity contribution < 1.29 is 14.6 Å². The predicted molar refractivity (Wildman–Crippen MR) is 58.4 cm³/mol. The highest BCUT2D eigenvalue weighted by atomic mass is 16.6. The summed E-state index contributed by atoms with van der Waals surface area (Å²) in [5, 5.41) is 9.91. The maximum Gasteiger partial charge on any atom is 0.312 e. The molecule has 0 bridgehead atoms. The maximum absolute atomic E-state index is 11.5. The van der Waals surface area contributed by atoms with Crippen molar-refractivity contribution in [2.24, 2.45) is 11.8 Å². The fourth-order valence-corrected chi connectivity index (χ4v) is 2.25. The van der Waals surface area contributed by atoms with Gasteiger partial charge in [-0.1, -0.05) is 33.6 Å². The third kappa shape index (κ3) is 2.71. The minimum atomic E-state index is -0.594. The van der Waals surface area contributed by atoms with Crippen molar-refractivity contribution in [3.8, 4) is 0 Å². The van der Waals surface area contributed by atoms with E-state index in [2.05, 4.69) is 13.8 Å². The first-order valence-corrected chi connectivity index (χ1v) is 6.02. The van der Waals surface area contributed by atoms with E-state index in [4.69, 9.17) is 4.74 Å². The minimum absolute atomic E-state index is 0.207. The van der Waals surface area contributed by atoms with Gasteiger partial charge in [-0.15, -0.1) is 0 Å². The third-order valence-electron chi connectivity index (χ3n) is 3.51. The summed E-state index contributed by atoms with van der Waals surface area (Å²) in [6.45, 7) is 6.18. The van der Waals surface area contributed by atoms with Gasteiger partial charge in [-0.05, 0) is 18.8 Å². The van der Waals surface area contributed by atoms with Crippen LogP contribution < -0.4 is 0 Å². The molecule has 3 heteroatoms. The molecule has 3 nitrogen and oxygen atoms in total. The first kappa shape index (κ1) is 12.5. The fourth-order valence-electron chi connectivity index (χ4n) is 2.25. The van der Waals surface area contributed by atoms with E-state index in [1.807, 2.05) is 6.92 Å². The standard InChI is InChI=1S/C12H22O3/c1-4-8(5-2)7-9-11(13)10(6-3)15-12(9)14/h8-11,13H,4-7H2,1-3H3. The van der Waals surface area contributed by atoms with E-state index in [-0.39, 0.29) is 18.0 Å². The van der Waals surface area contributed by atoms with Crippen LogP contribution in [0.1, 0.15) is 46.5 Å². The Labute approximate surface area is 91.8 Å². The number of aliphatic hydroxyl groups excluding tert-OH is 1. The number of cyclic esters (lactones) is 1. The van der Waals surface area contributed by atoms with Crippen LogP contribution in [-0.4, -0.2) is 23.3 Å². The Morgan fingerprint density at radius 1 is 1.33 bits per heavy atom. The van der Waals surface area contributed by atoms with E-state index in [0.29, 0.717) is 12.3 Å². The van der Waals surface area contributed by atoms with Crippen molar-refractivity contribution in [3.05, 3.63) is 0 Å². The smallest absolute Gasteiger partial charge is 0.312 e. The lowest BCUT2D eigenvalue weighted by atomic mass is 9.87. The summed E-state index contributed by atoms with van der Waals surface area (Å²) in [6, 6.07) is 0. The Kier molecular flexibility index (Phi) is 4.58. The van der Waals surface area contributed by atoms with E-state index in [1.54, 1.807) is 0 Å². The zero-order valence-electron chi connectivity index (χ0n) is 9.90. The van der Waals surface area contributed by atoms with Gasteiger partial charge in [-0.3, -0.25) is 4.79 Å². The SMILES string of the molecule is CCC(CC)CC1C(=O)OC(CC)C1O. The van der Waals surface area contributed by atoms with Gasteiger partial charge in [0, 0.05) is 0 Å². The molecular weight excluding hydrogens is 192 g/mol. The number of carbonyl (C=O) groups is 1. The van der Waals surface area contributed by atoms with Crippen LogP contribution >= 0.6 is 0 Å². The average Bonchev–Trinajstić information content (AvgIpc) is 2.51. The summed E-state index contributed by atoms with van der Waals surface area (Å²) >= 11 is 0. The van der Waals surface area contributed by atoms with Crippen LogP contribution in [0.25, 0.3) is 0 Å². The highest BCUT2D eigenvalue weighted by Crippen LogP contribution is 2.31. The molecule has 3 unspecified atom stereocenters. The molecule has 0 spiro atoms. The summed E-state index contributed by atoms with van der Waals surface area (Å²) in [6.07, 6.45) is 2.71. The van der Waals surface area contributed by atoms with E-state index < -0.39 is 6.10 Å². The maximum atomic E-state index is 11.5. The number of esters is 1. The van der Waals surface area contributed by atoms with Gasteiger partial charge in [-0.2, -0.15) is 0 Å². The molecule has 1 rings (SSSR count). The summed E-state index contributed by atoms with van der Waals surface area (Å²) in [7, 11) is 0. The lowest BCUT2D eigenvalue weighted by Gasteiger charge is -2.18. The molecule has 0 aromatic heterocycles. The molecule has 1 heterocycles. The Morgan fingerprint density at radius 3 is 2.33 bits per heavy atom. The predicted octanol–water partition coefficient (Wildman–Crippen LogP) is 2.13. The second kappa shape index (κ2) is 5.50. The van der Waals surface area contributed by atoms with Gasteiger partial charge in [0.1, 0.15) is 12.2 Å². The Hall–Kier alpha value is -0.570. The van der Waals surface area contributed by atoms with Crippen molar-refractivity contribution in [2.45, 2.75) is 58.7 Å². The molecule has 3 atom stereocenters.